The van der Waals surface area contributed by atoms with Crippen LogP contribution in [0.25, 0.3) is 17.0 Å². The number of nitrogens with zero attached hydrogens (tertiary/aromatic N) is 4. The van der Waals surface area contributed by atoms with Crippen molar-refractivity contribution in [1.82, 2.24) is 0 Å². The molecule has 0 heterocycles. The van der Waals surface area contributed by atoms with Gasteiger partial charge in [-0.2, -0.15) is 15.5 Å². The second-order valence-corrected chi connectivity index (χ2v) is 13.4. The number of hydrogen-bond acceptors (Lipinski definition) is 15. The van der Waals surface area contributed by atoms with Crippen LogP contribution in [0.4, 0.5) is 0 Å². The van der Waals surface area contributed by atoms with Gasteiger partial charge in [-0.25, -0.2) is 19.2 Å². The van der Waals surface area contributed by atoms with E-state index in [-0.39, 0.29) is 36.0 Å². The number of unbranched alkanes of at least 4 members (excludes halogenated alkanes) is 2. The molecule has 0 aromatic heterocycles. The van der Waals surface area contributed by atoms with Crippen molar-refractivity contribution >= 4 is 48.5 Å². The predicted molar refractivity (Wildman–Crippen MR) is 245 cm³/mol. The van der Waals surface area contributed by atoms with E-state index < -0.39 is 23.9 Å². The summed E-state index contributed by atoms with van der Waals surface area (Å²) in [6.45, 7) is 15.5. The first-order chi connectivity index (χ1) is 32.1. The minimum absolute atomic E-state index is 0.206. The van der Waals surface area contributed by atoms with Crippen LogP contribution in [0.15, 0.2) is 132 Å². The lowest BCUT2D eigenvalue weighted by molar-refractivity contribution is -0.138. The maximum Gasteiger partial charge on any atom is 0.354 e. The van der Waals surface area contributed by atoms with Crippen LogP contribution >= 0.6 is 0 Å². The number of hydrogen-bond donors (Lipinski definition) is 0. The highest BCUT2D eigenvalue weighted by atomic mass is 16.5. The van der Waals surface area contributed by atoms with Gasteiger partial charge in [-0.1, -0.05) is 25.3 Å². The lowest BCUT2D eigenvalue weighted by Gasteiger charge is -2.11. The van der Waals surface area contributed by atoms with Gasteiger partial charge in [-0.3, -0.25) is 4.79 Å². The van der Waals surface area contributed by atoms with E-state index in [0.717, 1.165) is 12.2 Å². The Balaban J connectivity index is 1.24. The predicted octanol–water partition coefficient (Wildman–Crippen LogP) is 8.31. The quantitative estimate of drug-likeness (QED) is 0.00902. The average molecular weight is 895 g/mol. The summed E-state index contributed by atoms with van der Waals surface area (Å²) in [4.78, 5) is 51.3. The van der Waals surface area contributed by atoms with E-state index in [0.29, 0.717) is 84.1 Å². The summed E-state index contributed by atoms with van der Waals surface area (Å²) in [7, 11) is 2.95. The molecule has 0 spiro atoms. The number of rotatable bonds is 25. The Kier molecular flexibility index (Phi) is 20.7. The first-order valence-electron chi connectivity index (χ1n) is 20.2. The minimum atomic E-state index is -0.852. The highest BCUT2D eigenvalue weighted by Gasteiger charge is 2.16. The fourth-order valence-electron chi connectivity index (χ4n) is 5.39. The number of esters is 4. The molecule has 0 fully saturated rings. The molecule has 0 saturated heterocycles. The number of carbonyl (C=O) groups excluding carboxylic acids is 4. The maximum absolute atomic E-state index is 12.9. The maximum atomic E-state index is 12.9. The van der Waals surface area contributed by atoms with Crippen LogP contribution in [0, 0.1) is 17.9 Å². The number of nitriles is 1. The van der Waals surface area contributed by atoms with Gasteiger partial charge in [0, 0.05) is 12.2 Å². The third-order valence-corrected chi connectivity index (χ3v) is 8.74. The smallest absolute Gasteiger partial charge is 0.354 e. The van der Waals surface area contributed by atoms with Gasteiger partial charge >= 0.3 is 23.9 Å². The molecule has 0 unspecified atom stereocenters. The summed E-state index contributed by atoms with van der Waals surface area (Å²) in [6.07, 6.45) is 10.4. The van der Waals surface area contributed by atoms with Crippen LogP contribution in [0.3, 0.4) is 0 Å². The molecule has 338 valence electrons. The molecule has 16 nitrogen and oxygen atoms in total. The molecule has 0 saturated carbocycles. The highest BCUT2D eigenvalue weighted by molar-refractivity contribution is 5.99. The van der Waals surface area contributed by atoms with Crippen molar-refractivity contribution in [3.63, 3.8) is 0 Å². The zero-order valence-corrected chi connectivity index (χ0v) is 36.3. The molecule has 0 bridgehead atoms. The van der Waals surface area contributed by atoms with Crippen molar-refractivity contribution in [1.29, 1.82) is 5.26 Å². The SMILES string of the molecule is [C-]#[N+]/C(=C\c1ccc(OCCCCOC(=O)C=C)c(OC)c1)C(=O)Oc1ccc(/C=N/N=C/c2ccc(OC(=O)/C(C#N)=C/c3ccc(OCCCCOC(=O)C=C)c(OC)c3)cc2)cc1. The number of benzene rings is 4. The van der Waals surface area contributed by atoms with E-state index in [9.17, 15) is 24.4 Å². The Labute approximate surface area is 382 Å². The second kappa shape index (κ2) is 27.3. The van der Waals surface area contributed by atoms with Gasteiger partial charge in [0.2, 0.25) is 0 Å². The third-order valence-electron chi connectivity index (χ3n) is 8.74. The van der Waals surface area contributed by atoms with Gasteiger partial charge in [0.05, 0.1) is 59.6 Å². The number of ether oxygens (including phenoxy) is 8. The molecule has 4 aromatic carbocycles. The zero-order chi connectivity index (χ0) is 47.5. The van der Waals surface area contributed by atoms with Gasteiger partial charge in [0.1, 0.15) is 23.1 Å². The molecule has 0 aliphatic rings. The van der Waals surface area contributed by atoms with Gasteiger partial charge < -0.3 is 37.9 Å². The lowest BCUT2D eigenvalue weighted by atomic mass is 10.1. The molecule has 0 radical (unpaired) electrons. The molecular weight excluding hydrogens is 849 g/mol. The summed E-state index contributed by atoms with van der Waals surface area (Å²) < 4.78 is 43.2. The Bertz CT molecular complexity index is 2370. The second-order valence-electron chi connectivity index (χ2n) is 13.4. The van der Waals surface area contributed by atoms with E-state index in [4.69, 9.17) is 44.5 Å². The van der Waals surface area contributed by atoms with Crippen LogP contribution < -0.4 is 28.4 Å². The first-order valence-corrected chi connectivity index (χ1v) is 20.2. The zero-order valence-electron chi connectivity index (χ0n) is 36.3. The first kappa shape index (κ1) is 49.9. The largest absolute Gasteiger partial charge is 0.493 e. The van der Waals surface area contributed by atoms with Gasteiger partial charge in [0.15, 0.2) is 23.0 Å². The minimum Gasteiger partial charge on any atom is -0.493 e. The summed E-state index contributed by atoms with van der Waals surface area (Å²) in [5.74, 6) is -0.486. The molecule has 0 aliphatic heterocycles. The standard InChI is InChI=1S/C50H46N4O12/c1-6-47(55)63-26-10-8-24-61-43-22-16-37(30-45(43)59-4)28-39(32-51)49(57)65-40-18-12-35(13-19-40)33-53-54-34-36-14-20-41(21-15-36)66-50(58)42(52-3)29-38-17-23-44(46(31-38)60-5)62-25-9-11-27-64-48(56)7-2/h6-7,12-23,28-31,33-34H,1-2,8-11,24-27H2,4-5H3/b39-28+,42-29-,53-33+,54-34+. The van der Waals surface area contributed by atoms with E-state index in [1.54, 1.807) is 84.9 Å². The van der Waals surface area contributed by atoms with E-state index in [1.165, 1.54) is 38.8 Å². The van der Waals surface area contributed by atoms with E-state index in [1.807, 2.05) is 6.07 Å². The van der Waals surface area contributed by atoms with Gasteiger partial charge in [-0.15, -0.1) is 0 Å². The summed E-state index contributed by atoms with van der Waals surface area (Å²) >= 11 is 0. The van der Waals surface area contributed by atoms with Gasteiger partial charge in [0.25, 0.3) is 5.70 Å². The molecule has 0 atom stereocenters. The van der Waals surface area contributed by atoms with Crippen molar-refractivity contribution in [3.8, 4) is 40.6 Å². The number of carbonyl (C=O) groups is 4. The summed E-state index contributed by atoms with van der Waals surface area (Å²) in [5.41, 5.74) is 1.85. The molecule has 0 aliphatic carbocycles. The Hall–Kier alpha value is -8.76. The molecule has 0 N–H and O–H groups in total. The van der Waals surface area contributed by atoms with Crippen molar-refractivity contribution in [2.75, 3.05) is 40.6 Å². The highest BCUT2D eigenvalue weighted by Crippen LogP contribution is 2.31. The van der Waals surface area contributed by atoms with Crippen LogP contribution in [0.5, 0.6) is 34.5 Å². The van der Waals surface area contributed by atoms with Gasteiger partial charge in [-0.05, 0) is 133 Å². The van der Waals surface area contributed by atoms with Crippen molar-refractivity contribution in [2.24, 2.45) is 10.2 Å². The molecule has 16 heteroatoms. The molecule has 4 aromatic rings. The summed E-state index contributed by atoms with van der Waals surface area (Å²) in [6, 6.07) is 24.6. The topological polar surface area (TPSA) is 195 Å². The Morgan fingerprint density at radius 2 is 1.03 bits per heavy atom. The van der Waals surface area contributed by atoms with Crippen LogP contribution in [-0.2, 0) is 28.7 Å². The lowest BCUT2D eigenvalue weighted by Crippen LogP contribution is -2.10. The van der Waals surface area contributed by atoms with Crippen LogP contribution in [-0.4, -0.2) is 77.0 Å². The fraction of sp³-hybridized carbons (Fsp3) is 0.200. The van der Waals surface area contributed by atoms with Crippen molar-refractivity contribution in [3.05, 3.63) is 155 Å². The van der Waals surface area contributed by atoms with Crippen molar-refractivity contribution in [2.45, 2.75) is 25.7 Å². The third kappa shape index (κ3) is 16.8. The molecule has 4 rings (SSSR count). The molecule has 0 amide bonds. The Morgan fingerprint density at radius 3 is 1.45 bits per heavy atom. The number of methoxy groups -OCH3 is 2. The fourth-order valence-corrected chi connectivity index (χ4v) is 5.39. The van der Waals surface area contributed by atoms with E-state index in [2.05, 4.69) is 28.2 Å². The van der Waals surface area contributed by atoms with Crippen LogP contribution in [0.1, 0.15) is 47.9 Å². The Morgan fingerprint density at radius 1 is 0.606 bits per heavy atom. The summed E-state index contributed by atoms with van der Waals surface area (Å²) in [5, 5.41) is 17.8. The average Bonchev–Trinajstić information content (AvgIpc) is 3.34. The molecular formula is C50H46N4O12. The monoisotopic (exact) mass is 894 g/mol. The normalized spacial score (nSPS) is 11.2. The van der Waals surface area contributed by atoms with E-state index >= 15 is 0 Å². The molecule has 66 heavy (non-hydrogen) atoms. The van der Waals surface area contributed by atoms with Crippen LogP contribution in [0.2, 0.25) is 0 Å². The van der Waals surface area contributed by atoms with Crippen molar-refractivity contribution < 1.29 is 57.1 Å².